The molecule has 0 heterocycles. The highest BCUT2D eigenvalue weighted by Gasteiger charge is 2.13. The molecule has 0 unspecified atom stereocenters. The molecule has 0 aliphatic rings. The summed E-state index contributed by atoms with van der Waals surface area (Å²) in [5.74, 6) is 0. The molecule has 4 aromatic carbocycles. The van der Waals surface area contributed by atoms with Crippen molar-refractivity contribution in [1.82, 2.24) is 10.3 Å². The van der Waals surface area contributed by atoms with Crippen LogP contribution in [0, 0.1) is 0 Å². The van der Waals surface area contributed by atoms with Gasteiger partial charge in [0.2, 0.25) is 0 Å². The van der Waals surface area contributed by atoms with Gasteiger partial charge in [-0.05, 0) is 58.7 Å². The highest BCUT2D eigenvalue weighted by Crippen LogP contribution is 2.25. The number of hydrazine groups is 1. The summed E-state index contributed by atoms with van der Waals surface area (Å²) in [7, 11) is -3.70. The van der Waals surface area contributed by atoms with E-state index in [9.17, 15) is 8.42 Å². The molecule has 160 valence electrons. The molecule has 0 aliphatic heterocycles. The van der Waals surface area contributed by atoms with Crippen molar-refractivity contribution >= 4 is 33.0 Å². The Morgan fingerprint density at radius 2 is 1.03 bits per heavy atom. The van der Waals surface area contributed by atoms with E-state index in [4.69, 9.17) is 12.2 Å². The summed E-state index contributed by atoms with van der Waals surface area (Å²) in [6.45, 7) is 0. The lowest BCUT2D eigenvalue weighted by molar-refractivity contribution is 0.578. The second kappa shape index (κ2) is 9.74. The molecule has 0 radical (unpaired) electrons. The standard InChI is InChI=1S/C25H21N3O2S2/c29-32(30,24-9-5-2-6-10-24)28-27-25(31)26-23-17-15-22(16-18-23)21-13-11-20(12-14-21)19-7-3-1-4-8-19/h1-18,28H,(H2,26,27,31). The monoisotopic (exact) mass is 459 g/mol. The van der Waals surface area contributed by atoms with Gasteiger partial charge in [0.15, 0.2) is 5.11 Å². The second-order valence-electron chi connectivity index (χ2n) is 7.02. The van der Waals surface area contributed by atoms with Crippen molar-refractivity contribution in [3.63, 3.8) is 0 Å². The van der Waals surface area contributed by atoms with E-state index >= 15 is 0 Å². The van der Waals surface area contributed by atoms with Gasteiger partial charge in [-0.2, -0.15) is 0 Å². The Balaban J connectivity index is 1.36. The minimum absolute atomic E-state index is 0.143. The van der Waals surface area contributed by atoms with Gasteiger partial charge in [-0.3, -0.25) is 5.43 Å². The van der Waals surface area contributed by atoms with Crippen LogP contribution >= 0.6 is 12.2 Å². The number of anilines is 1. The summed E-state index contributed by atoms with van der Waals surface area (Å²) < 4.78 is 24.5. The van der Waals surface area contributed by atoms with Crippen molar-refractivity contribution in [3.05, 3.63) is 109 Å². The SMILES string of the molecule is O=S(=O)(NNC(=S)Nc1ccc(-c2ccc(-c3ccccc3)cc2)cc1)c1ccccc1. The lowest BCUT2D eigenvalue weighted by Crippen LogP contribution is -2.43. The van der Waals surface area contributed by atoms with E-state index in [1.165, 1.54) is 23.3 Å². The van der Waals surface area contributed by atoms with Crippen LogP contribution in [0.2, 0.25) is 0 Å². The van der Waals surface area contributed by atoms with Gasteiger partial charge in [-0.25, -0.2) is 8.42 Å². The van der Waals surface area contributed by atoms with Crippen molar-refractivity contribution in [1.29, 1.82) is 0 Å². The Morgan fingerprint density at radius 1 is 0.594 bits per heavy atom. The molecule has 32 heavy (non-hydrogen) atoms. The highest BCUT2D eigenvalue weighted by molar-refractivity contribution is 7.89. The molecule has 0 saturated carbocycles. The van der Waals surface area contributed by atoms with Crippen LogP contribution in [0.3, 0.4) is 0 Å². The predicted molar refractivity (Wildman–Crippen MR) is 133 cm³/mol. The molecule has 0 amide bonds. The van der Waals surface area contributed by atoms with E-state index in [-0.39, 0.29) is 10.0 Å². The van der Waals surface area contributed by atoms with Crippen molar-refractivity contribution in [2.75, 3.05) is 5.32 Å². The van der Waals surface area contributed by atoms with Crippen LogP contribution in [0.4, 0.5) is 5.69 Å². The van der Waals surface area contributed by atoms with Gasteiger partial charge >= 0.3 is 0 Å². The Bertz CT molecular complexity index is 1290. The minimum atomic E-state index is -3.70. The van der Waals surface area contributed by atoms with Gasteiger partial charge in [0.1, 0.15) is 0 Å². The number of rotatable bonds is 6. The maximum absolute atomic E-state index is 12.2. The van der Waals surface area contributed by atoms with Gasteiger partial charge in [0.05, 0.1) is 4.90 Å². The topological polar surface area (TPSA) is 70.2 Å². The fraction of sp³-hybridized carbons (Fsp3) is 0. The van der Waals surface area contributed by atoms with Gasteiger partial charge in [-0.15, -0.1) is 4.83 Å². The lowest BCUT2D eigenvalue weighted by Gasteiger charge is -2.12. The first-order valence-electron chi connectivity index (χ1n) is 9.91. The molecule has 0 aliphatic carbocycles. The van der Waals surface area contributed by atoms with Gasteiger partial charge < -0.3 is 5.32 Å². The molecule has 3 N–H and O–H groups in total. The molecule has 4 rings (SSSR count). The number of nitrogens with one attached hydrogen (secondary N) is 3. The third kappa shape index (κ3) is 5.39. The van der Waals surface area contributed by atoms with E-state index in [1.54, 1.807) is 18.2 Å². The minimum Gasteiger partial charge on any atom is -0.332 e. The van der Waals surface area contributed by atoms with Crippen LogP contribution in [0.1, 0.15) is 0 Å². The molecule has 0 saturated heterocycles. The Hall–Kier alpha value is -3.52. The van der Waals surface area contributed by atoms with Crippen LogP contribution in [0.15, 0.2) is 114 Å². The quantitative estimate of drug-likeness (QED) is 0.273. The molecular formula is C25H21N3O2S2. The number of benzene rings is 4. The zero-order chi connectivity index (χ0) is 22.4. The fourth-order valence-electron chi connectivity index (χ4n) is 3.17. The van der Waals surface area contributed by atoms with E-state index in [2.05, 4.69) is 52.0 Å². The first-order chi connectivity index (χ1) is 15.5. The van der Waals surface area contributed by atoms with Gasteiger partial charge in [0, 0.05) is 5.69 Å². The molecular weight excluding hydrogens is 438 g/mol. The smallest absolute Gasteiger partial charge is 0.257 e. The van der Waals surface area contributed by atoms with Crippen LogP contribution in [0.5, 0.6) is 0 Å². The maximum atomic E-state index is 12.2. The summed E-state index contributed by atoms with van der Waals surface area (Å²) in [5, 5.41) is 3.11. The normalized spacial score (nSPS) is 11.0. The number of hydrogen-bond acceptors (Lipinski definition) is 3. The average molecular weight is 460 g/mol. The predicted octanol–water partition coefficient (Wildman–Crippen LogP) is 5.20. The molecule has 5 nitrogen and oxygen atoms in total. The Morgan fingerprint density at radius 3 is 1.56 bits per heavy atom. The second-order valence-corrected chi connectivity index (χ2v) is 9.11. The lowest BCUT2D eigenvalue weighted by atomic mass is 10.0. The first kappa shape index (κ1) is 21.7. The third-order valence-corrected chi connectivity index (χ3v) is 6.29. The maximum Gasteiger partial charge on any atom is 0.257 e. The van der Waals surface area contributed by atoms with Gasteiger partial charge in [-0.1, -0.05) is 84.9 Å². The van der Waals surface area contributed by atoms with Crippen LogP contribution < -0.4 is 15.6 Å². The van der Waals surface area contributed by atoms with Crippen LogP contribution in [-0.4, -0.2) is 13.5 Å². The molecule has 0 aromatic heterocycles. The van der Waals surface area contributed by atoms with Crippen molar-refractivity contribution in [3.8, 4) is 22.3 Å². The zero-order valence-electron chi connectivity index (χ0n) is 17.0. The average Bonchev–Trinajstić information content (AvgIpc) is 2.85. The van der Waals surface area contributed by atoms with Crippen LogP contribution in [0.25, 0.3) is 22.3 Å². The van der Waals surface area contributed by atoms with Crippen molar-refractivity contribution in [2.24, 2.45) is 0 Å². The highest BCUT2D eigenvalue weighted by atomic mass is 32.2. The summed E-state index contributed by atoms with van der Waals surface area (Å²) >= 11 is 5.19. The summed E-state index contributed by atoms with van der Waals surface area (Å²) in [5.41, 5.74) is 7.79. The third-order valence-electron chi connectivity index (χ3n) is 4.82. The molecule has 4 aromatic rings. The van der Waals surface area contributed by atoms with E-state index in [0.29, 0.717) is 0 Å². The Labute approximate surface area is 193 Å². The van der Waals surface area contributed by atoms with E-state index in [1.807, 2.05) is 42.5 Å². The number of sulfonamides is 1. The van der Waals surface area contributed by atoms with E-state index < -0.39 is 10.0 Å². The summed E-state index contributed by atoms with van der Waals surface area (Å²) in [6.07, 6.45) is 0. The van der Waals surface area contributed by atoms with Crippen LogP contribution in [-0.2, 0) is 10.0 Å². The molecule has 0 spiro atoms. The molecule has 7 heteroatoms. The molecule has 0 atom stereocenters. The largest absolute Gasteiger partial charge is 0.332 e. The van der Waals surface area contributed by atoms with E-state index in [0.717, 1.165) is 16.8 Å². The fourth-order valence-corrected chi connectivity index (χ4v) is 4.27. The zero-order valence-corrected chi connectivity index (χ0v) is 18.7. The summed E-state index contributed by atoms with van der Waals surface area (Å²) in [4.78, 5) is 2.42. The molecule has 0 bridgehead atoms. The first-order valence-corrected chi connectivity index (χ1v) is 11.8. The molecule has 0 fully saturated rings. The van der Waals surface area contributed by atoms with Crippen molar-refractivity contribution < 1.29 is 8.42 Å². The van der Waals surface area contributed by atoms with Crippen molar-refractivity contribution in [2.45, 2.75) is 4.90 Å². The summed E-state index contributed by atoms with van der Waals surface area (Å²) in [6, 6.07) is 34.5. The Kier molecular flexibility index (Phi) is 6.61. The number of thiocarbonyl (C=S) groups is 1. The number of hydrogen-bond donors (Lipinski definition) is 3. The van der Waals surface area contributed by atoms with Gasteiger partial charge in [0.25, 0.3) is 10.0 Å².